The molecule has 55 heavy (non-hydrogen) atoms. The highest BCUT2D eigenvalue weighted by Gasteiger charge is 2.56. The SMILES string of the molecule is CN(C)C(=O)[C@@H](NC(=O)CNC(=O)C(=O)C(CC1CCC1)NC(=O)[C@@H]1[C@H]2CC(C)(C)C[C@H]2CN1C(=O)[C@@H](NC(=O)OC(C)(C)C)C(C)(C)C)c1ccccc1. The van der Waals surface area contributed by atoms with Crippen LogP contribution in [-0.4, -0.2) is 102 Å². The highest BCUT2D eigenvalue weighted by atomic mass is 16.6. The molecule has 6 amide bonds. The number of ether oxygens (including phenoxy) is 1. The Morgan fingerprint density at radius 2 is 1.55 bits per heavy atom. The van der Waals surface area contributed by atoms with E-state index in [2.05, 4.69) is 35.1 Å². The van der Waals surface area contributed by atoms with E-state index in [4.69, 9.17) is 4.74 Å². The first-order valence-electron chi connectivity index (χ1n) is 19.5. The second-order valence-corrected chi connectivity index (χ2v) is 18.7. The van der Waals surface area contributed by atoms with E-state index >= 15 is 0 Å². The Bertz CT molecular complexity index is 1610. The zero-order valence-corrected chi connectivity index (χ0v) is 34.2. The fourth-order valence-corrected chi connectivity index (χ4v) is 8.08. The molecule has 0 bridgehead atoms. The molecule has 0 spiro atoms. The molecule has 304 valence electrons. The van der Waals surface area contributed by atoms with Gasteiger partial charge in [-0.25, -0.2) is 4.79 Å². The van der Waals surface area contributed by atoms with Gasteiger partial charge in [-0.1, -0.05) is 84.2 Å². The van der Waals surface area contributed by atoms with E-state index in [-0.39, 0.29) is 35.5 Å². The number of alkyl carbamates (subject to hydrolysis) is 1. The third-order valence-corrected chi connectivity index (χ3v) is 10.9. The Morgan fingerprint density at radius 1 is 0.909 bits per heavy atom. The van der Waals surface area contributed by atoms with Gasteiger partial charge in [-0.15, -0.1) is 0 Å². The highest BCUT2D eigenvalue weighted by Crippen LogP contribution is 2.51. The largest absolute Gasteiger partial charge is 0.444 e. The van der Waals surface area contributed by atoms with Crippen molar-refractivity contribution in [2.45, 2.75) is 124 Å². The second kappa shape index (κ2) is 17.1. The fraction of sp³-hybridized carbons (Fsp3) is 0.683. The number of carbonyl (C=O) groups excluding carboxylic acids is 7. The molecule has 0 aromatic heterocycles. The molecule has 1 heterocycles. The summed E-state index contributed by atoms with van der Waals surface area (Å²) in [5, 5.41) is 10.7. The van der Waals surface area contributed by atoms with Crippen LogP contribution in [-0.2, 0) is 33.5 Å². The van der Waals surface area contributed by atoms with Crippen molar-refractivity contribution in [3.8, 4) is 0 Å². The first-order valence-corrected chi connectivity index (χ1v) is 19.5. The van der Waals surface area contributed by atoms with Crippen LogP contribution in [0, 0.1) is 28.6 Å². The number of Topliss-reactive ketones (excluding diaryl/α,β-unsaturated/α-hetero) is 1. The zero-order valence-electron chi connectivity index (χ0n) is 34.2. The minimum Gasteiger partial charge on any atom is -0.444 e. The van der Waals surface area contributed by atoms with Gasteiger partial charge in [-0.3, -0.25) is 28.8 Å². The molecule has 1 aromatic carbocycles. The summed E-state index contributed by atoms with van der Waals surface area (Å²) in [6.07, 6.45) is 3.64. The molecule has 1 unspecified atom stereocenters. The number of amides is 6. The number of nitrogens with one attached hydrogen (secondary N) is 4. The number of ketones is 1. The van der Waals surface area contributed by atoms with E-state index in [1.165, 1.54) is 4.90 Å². The Morgan fingerprint density at radius 3 is 2.09 bits per heavy atom. The van der Waals surface area contributed by atoms with Crippen molar-refractivity contribution >= 4 is 41.4 Å². The minimum absolute atomic E-state index is 0.0264. The number of nitrogens with zero attached hydrogens (tertiary/aromatic N) is 2. The average molecular weight is 767 g/mol. The van der Waals surface area contributed by atoms with Gasteiger partial charge in [-0.2, -0.15) is 0 Å². The molecule has 14 heteroatoms. The Balaban J connectivity index is 1.52. The molecule has 4 N–H and O–H groups in total. The van der Waals surface area contributed by atoms with E-state index in [9.17, 15) is 33.6 Å². The molecule has 1 saturated heterocycles. The van der Waals surface area contributed by atoms with Crippen molar-refractivity contribution in [2.75, 3.05) is 27.2 Å². The molecule has 6 atom stereocenters. The number of hydrogen-bond acceptors (Lipinski definition) is 8. The topological polar surface area (TPSA) is 183 Å². The number of likely N-dealkylation sites (tertiary alicyclic amines) is 1. The Hall–Kier alpha value is -4.49. The van der Waals surface area contributed by atoms with Crippen LogP contribution < -0.4 is 21.3 Å². The lowest BCUT2D eigenvalue weighted by molar-refractivity contribution is -0.145. The van der Waals surface area contributed by atoms with Gasteiger partial charge in [0.1, 0.15) is 23.7 Å². The lowest BCUT2D eigenvalue weighted by Gasteiger charge is -2.37. The zero-order chi connectivity index (χ0) is 41.0. The van der Waals surface area contributed by atoms with Gasteiger partial charge < -0.3 is 35.8 Å². The quantitative estimate of drug-likeness (QED) is 0.220. The summed E-state index contributed by atoms with van der Waals surface area (Å²) in [7, 11) is 3.14. The van der Waals surface area contributed by atoms with Crippen LogP contribution in [0.15, 0.2) is 30.3 Å². The highest BCUT2D eigenvalue weighted by molar-refractivity contribution is 6.38. The van der Waals surface area contributed by atoms with E-state index in [0.717, 1.165) is 25.7 Å². The van der Waals surface area contributed by atoms with E-state index in [0.29, 0.717) is 18.5 Å². The molecule has 2 saturated carbocycles. The number of carbonyl (C=O) groups is 7. The van der Waals surface area contributed by atoms with Crippen LogP contribution in [0.25, 0.3) is 0 Å². The number of fused-ring (bicyclic) bond motifs is 1. The summed E-state index contributed by atoms with van der Waals surface area (Å²) in [4.78, 5) is 97.7. The number of likely N-dealkylation sites (N-methyl/N-ethyl adjacent to an activating group) is 1. The molecule has 1 aliphatic heterocycles. The van der Waals surface area contributed by atoms with Crippen molar-refractivity contribution in [1.82, 2.24) is 31.1 Å². The van der Waals surface area contributed by atoms with Crippen LogP contribution in [0.1, 0.15) is 106 Å². The molecule has 4 rings (SSSR count). The molecule has 1 aromatic rings. The maximum atomic E-state index is 14.5. The molecule has 14 nitrogen and oxygen atoms in total. The van der Waals surface area contributed by atoms with Crippen LogP contribution in [0.5, 0.6) is 0 Å². The number of hydrogen-bond donors (Lipinski definition) is 4. The van der Waals surface area contributed by atoms with E-state index in [1.54, 1.807) is 70.1 Å². The molecular formula is C41H62N6O8. The minimum atomic E-state index is -1.18. The molecule has 3 fully saturated rings. The maximum Gasteiger partial charge on any atom is 0.408 e. The van der Waals surface area contributed by atoms with Gasteiger partial charge in [0.15, 0.2) is 0 Å². The summed E-state index contributed by atoms with van der Waals surface area (Å²) in [5.74, 6) is -3.97. The smallest absolute Gasteiger partial charge is 0.408 e. The molecular weight excluding hydrogens is 704 g/mol. The predicted octanol–water partition coefficient (Wildman–Crippen LogP) is 3.50. The Labute approximate surface area is 325 Å². The molecule has 3 aliphatic rings. The Kier molecular flexibility index (Phi) is 13.5. The normalized spacial score (nSPS) is 22.2. The van der Waals surface area contributed by atoms with Gasteiger partial charge in [0, 0.05) is 20.6 Å². The monoisotopic (exact) mass is 766 g/mol. The first-order chi connectivity index (χ1) is 25.5. The second-order valence-electron chi connectivity index (χ2n) is 18.7. The van der Waals surface area contributed by atoms with E-state index in [1.807, 2.05) is 20.8 Å². The third kappa shape index (κ3) is 11.3. The van der Waals surface area contributed by atoms with Crippen LogP contribution in [0.2, 0.25) is 0 Å². The standard InChI is InChI=1S/C41H62N6O8/c1-39(2,3)33(45-38(54)55-40(4,5)6)37(53)47-23-26-20-41(7,8)21-27(26)31(47)34(50)43-28(19-24-15-14-16-24)32(49)35(51)42-22-29(48)44-30(36(52)46(9)10)25-17-12-11-13-18-25/h11-13,17-18,24,26-28,30-31,33H,14-16,19-23H2,1-10H3,(H,42,51)(H,43,50)(H,44,48)(H,45,54)/t26-,27-,28?,30-,31-,33+/m0/s1. The van der Waals surface area contributed by atoms with Gasteiger partial charge >= 0.3 is 6.09 Å². The average Bonchev–Trinajstić information content (AvgIpc) is 3.55. The fourth-order valence-electron chi connectivity index (χ4n) is 8.08. The van der Waals surface area contributed by atoms with E-state index < -0.39 is 77.2 Å². The predicted molar refractivity (Wildman–Crippen MR) is 206 cm³/mol. The van der Waals surface area contributed by atoms with Gasteiger partial charge in [0.25, 0.3) is 5.91 Å². The van der Waals surface area contributed by atoms with Gasteiger partial charge in [0.2, 0.25) is 29.4 Å². The van der Waals surface area contributed by atoms with Crippen molar-refractivity contribution in [3.05, 3.63) is 35.9 Å². The summed E-state index contributed by atoms with van der Waals surface area (Å²) in [6, 6.07) is 4.56. The van der Waals surface area contributed by atoms with Crippen LogP contribution in [0.3, 0.4) is 0 Å². The van der Waals surface area contributed by atoms with Crippen molar-refractivity contribution in [2.24, 2.45) is 28.6 Å². The number of rotatable bonds is 13. The van der Waals surface area contributed by atoms with Crippen molar-refractivity contribution < 1.29 is 38.3 Å². The lowest BCUT2D eigenvalue weighted by Crippen LogP contribution is -2.60. The summed E-state index contributed by atoms with van der Waals surface area (Å²) in [5.41, 5.74) is -1.04. The van der Waals surface area contributed by atoms with Crippen molar-refractivity contribution in [1.29, 1.82) is 0 Å². The van der Waals surface area contributed by atoms with Gasteiger partial charge in [-0.05, 0) is 74.2 Å². The first kappa shape index (κ1) is 43.2. The maximum absolute atomic E-state index is 14.5. The summed E-state index contributed by atoms with van der Waals surface area (Å²) < 4.78 is 5.48. The summed E-state index contributed by atoms with van der Waals surface area (Å²) in [6.45, 7) is 14.7. The van der Waals surface area contributed by atoms with Crippen LogP contribution in [0.4, 0.5) is 4.79 Å². The molecule has 2 aliphatic carbocycles. The molecule has 0 radical (unpaired) electrons. The number of benzene rings is 1. The van der Waals surface area contributed by atoms with Crippen molar-refractivity contribution in [3.63, 3.8) is 0 Å². The van der Waals surface area contributed by atoms with Gasteiger partial charge in [0.05, 0.1) is 12.6 Å². The van der Waals surface area contributed by atoms with Crippen LogP contribution >= 0.6 is 0 Å². The summed E-state index contributed by atoms with van der Waals surface area (Å²) >= 11 is 0. The lowest BCUT2D eigenvalue weighted by atomic mass is 9.80. The third-order valence-electron chi connectivity index (χ3n) is 10.9.